The van der Waals surface area contributed by atoms with E-state index in [4.69, 9.17) is 21.1 Å². The molecule has 1 heterocycles. The highest BCUT2D eigenvalue weighted by Crippen LogP contribution is 2.30. The van der Waals surface area contributed by atoms with Crippen LogP contribution < -0.4 is 14.8 Å². The van der Waals surface area contributed by atoms with Crippen molar-refractivity contribution in [2.24, 2.45) is 0 Å². The molecule has 0 unspecified atom stereocenters. The van der Waals surface area contributed by atoms with E-state index in [2.05, 4.69) is 10.4 Å². The Morgan fingerprint density at radius 2 is 1.84 bits per heavy atom. The first-order valence-electron chi connectivity index (χ1n) is 9.87. The van der Waals surface area contributed by atoms with Gasteiger partial charge in [-0.3, -0.25) is 9.48 Å². The highest BCUT2D eigenvalue weighted by Gasteiger charge is 2.12. The molecule has 0 atom stereocenters. The molecule has 7 heteroatoms. The number of hydrogen-bond acceptors (Lipinski definition) is 4. The third kappa shape index (κ3) is 5.27. The maximum absolute atomic E-state index is 12.4. The molecular weight excluding hydrogens is 414 g/mol. The summed E-state index contributed by atoms with van der Waals surface area (Å²) in [4.78, 5) is 12.4. The van der Waals surface area contributed by atoms with Gasteiger partial charge in [0.25, 0.3) is 0 Å². The van der Waals surface area contributed by atoms with Gasteiger partial charge in [-0.25, -0.2) is 0 Å². The molecule has 0 saturated carbocycles. The number of aryl methyl sites for hydroxylation is 1. The fraction of sp³-hybridized carbons (Fsp3) is 0.250. The van der Waals surface area contributed by atoms with E-state index in [1.807, 2.05) is 61.0 Å². The largest absolute Gasteiger partial charge is 0.493 e. The van der Waals surface area contributed by atoms with Crippen LogP contribution >= 0.6 is 11.6 Å². The lowest BCUT2D eigenvalue weighted by Crippen LogP contribution is -2.20. The van der Waals surface area contributed by atoms with Crippen molar-refractivity contribution in [3.63, 3.8) is 0 Å². The fourth-order valence-electron chi connectivity index (χ4n) is 3.39. The summed E-state index contributed by atoms with van der Waals surface area (Å²) in [7, 11) is 3.16. The van der Waals surface area contributed by atoms with Crippen LogP contribution in [-0.4, -0.2) is 29.9 Å². The number of benzene rings is 2. The molecule has 0 spiro atoms. The molecule has 0 fully saturated rings. The third-order valence-electron chi connectivity index (χ3n) is 5.05. The van der Waals surface area contributed by atoms with E-state index in [9.17, 15) is 4.79 Å². The summed E-state index contributed by atoms with van der Waals surface area (Å²) in [6, 6.07) is 13.3. The first kappa shape index (κ1) is 22.4. The number of methoxy groups -OCH3 is 2. The molecule has 1 amide bonds. The quantitative estimate of drug-likeness (QED) is 0.523. The van der Waals surface area contributed by atoms with E-state index in [0.29, 0.717) is 29.6 Å². The van der Waals surface area contributed by atoms with Crippen molar-refractivity contribution < 1.29 is 14.3 Å². The van der Waals surface area contributed by atoms with Gasteiger partial charge in [0, 0.05) is 34.5 Å². The Balaban J connectivity index is 1.69. The molecule has 3 aromatic rings. The minimum absolute atomic E-state index is 0.206. The second kappa shape index (κ2) is 10.2. The van der Waals surface area contributed by atoms with E-state index in [1.54, 1.807) is 20.3 Å². The molecule has 162 valence electrons. The van der Waals surface area contributed by atoms with Gasteiger partial charge in [-0.15, -0.1) is 0 Å². The minimum Gasteiger partial charge on any atom is -0.493 e. The topological polar surface area (TPSA) is 65.4 Å². The summed E-state index contributed by atoms with van der Waals surface area (Å²) in [5, 5.41) is 8.19. The van der Waals surface area contributed by atoms with Gasteiger partial charge in [0.1, 0.15) is 0 Å². The van der Waals surface area contributed by atoms with Crippen LogP contribution in [0, 0.1) is 13.8 Å². The van der Waals surface area contributed by atoms with Crippen LogP contribution in [0.25, 0.3) is 6.08 Å². The molecule has 0 bridgehead atoms. The molecule has 0 aliphatic rings. The molecule has 1 aromatic heterocycles. The lowest BCUT2D eigenvalue weighted by molar-refractivity contribution is -0.116. The smallest absolute Gasteiger partial charge is 0.244 e. The van der Waals surface area contributed by atoms with Gasteiger partial charge in [-0.05, 0) is 37.6 Å². The second-order valence-electron chi connectivity index (χ2n) is 7.04. The van der Waals surface area contributed by atoms with E-state index < -0.39 is 0 Å². The third-order valence-corrected chi connectivity index (χ3v) is 5.42. The zero-order chi connectivity index (χ0) is 22.4. The molecule has 2 aromatic carbocycles. The predicted octanol–water partition coefficient (Wildman–Crippen LogP) is 4.55. The lowest BCUT2D eigenvalue weighted by Gasteiger charge is -2.12. The van der Waals surface area contributed by atoms with E-state index >= 15 is 0 Å². The normalized spacial score (nSPS) is 11.0. The summed E-state index contributed by atoms with van der Waals surface area (Å²) >= 11 is 6.28. The van der Waals surface area contributed by atoms with Crippen LogP contribution in [0.3, 0.4) is 0 Å². The summed E-state index contributed by atoms with van der Waals surface area (Å²) in [6.07, 6.45) is 3.31. The van der Waals surface area contributed by atoms with E-state index in [-0.39, 0.29) is 5.91 Å². The Morgan fingerprint density at radius 1 is 1.10 bits per heavy atom. The number of hydrogen-bond donors (Lipinski definition) is 1. The van der Waals surface area contributed by atoms with E-state index in [0.717, 1.165) is 28.1 Å². The molecule has 3 rings (SSSR count). The highest BCUT2D eigenvalue weighted by atomic mass is 35.5. The predicted molar refractivity (Wildman–Crippen MR) is 123 cm³/mol. The number of nitrogens with zero attached hydrogens (tertiary/aromatic N) is 2. The molecule has 0 aliphatic heterocycles. The molecule has 0 saturated heterocycles. The van der Waals surface area contributed by atoms with Gasteiger partial charge in [-0.1, -0.05) is 41.9 Å². The zero-order valence-corrected chi connectivity index (χ0v) is 18.9. The molecule has 31 heavy (non-hydrogen) atoms. The number of ether oxygens (including phenoxy) is 2. The van der Waals surface area contributed by atoms with Crippen LogP contribution in [0.4, 0.5) is 0 Å². The Hall–Kier alpha value is -3.25. The number of halogens is 1. The van der Waals surface area contributed by atoms with Gasteiger partial charge in [0.2, 0.25) is 5.91 Å². The van der Waals surface area contributed by atoms with Gasteiger partial charge in [0.15, 0.2) is 11.5 Å². The molecular formula is C24H26ClN3O3. The Bertz CT molecular complexity index is 1110. The number of carbonyl (C=O) groups excluding carboxylic acids is 1. The standard InChI is InChI=1S/C24H26ClN3O3/c1-16-20(17(2)28(27-16)15-19-8-5-6-10-21(19)25)12-13-23(29)26-14-18-9-7-11-22(30-3)24(18)31-4/h5-13H,14-15H2,1-4H3,(H,26,29)/b13-12+. The highest BCUT2D eigenvalue weighted by molar-refractivity contribution is 6.31. The first-order valence-corrected chi connectivity index (χ1v) is 10.3. The zero-order valence-electron chi connectivity index (χ0n) is 18.1. The number of rotatable bonds is 8. The average molecular weight is 440 g/mol. The average Bonchev–Trinajstić information content (AvgIpc) is 3.04. The van der Waals surface area contributed by atoms with Crippen molar-refractivity contribution in [1.29, 1.82) is 0 Å². The van der Waals surface area contributed by atoms with Crippen molar-refractivity contribution in [3.8, 4) is 11.5 Å². The van der Waals surface area contributed by atoms with Crippen molar-refractivity contribution in [2.75, 3.05) is 14.2 Å². The van der Waals surface area contributed by atoms with Gasteiger partial charge >= 0.3 is 0 Å². The van der Waals surface area contributed by atoms with Crippen LogP contribution in [0.15, 0.2) is 48.5 Å². The fourth-order valence-corrected chi connectivity index (χ4v) is 3.58. The molecule has 0 aliphatic carbocycles. The SMILES string of the molecule is COc1cccc(CNC(=O)/C=C/c2c(C)nn(Cc3ccccc3Cl)c2C)c1OC. The second-order valence-corrected chi connectivity index (χ2v) is 7.44. The monoisotopic (exact) mass is 439 g/mol. The van der Waals surface area contributed by atoms with Gasteiger partial charge < -0.3 is 14.8 Å². The summed E-state index contributed by atoms with van der Waals surface area (Å²) in [6.45, 7) is 4.81. The van der Waals surface area contributed by atoms with Crippen molar-refractivity contribution in [2.45, 2.75) is 26.9 Å². The molecule has 1 N–H and O–H groups in total. The van der Waals surface area contributed by atoms with Crippen molar-refractivity contribution in [1.82, 2.24) is 15.1 Å². The maximum atomic E-state index is 12.4. The van der Waals surface area contributed by atoms with Crippen LogP contribution in [0.1, 0.15) is 28.1 Å². The first-order chi connectivity index (χ1) is 14.9. The number of para-hydroxylation sites is 1. The minimum atomic E-state index is -0.206. The molecule has 0 radical (unpaired) electrons. The van der Waals surface area contributed by atoms with Gasteiger partial charge in [-0.2, -0.15) is 5.10 Å². The summed E-state index contributed by atoms with van der Waals surface area (Å²) in [5.41, 5.74) is 4.57. The lowest BCUT2D eigenvalue weighted by atomic mass is 10.1. The van der Waals surface area contributed by atoms with Crippen molar-refractivity contribution >= 4 is 23.6 Å². The van der Waals surface area contributed by atoms with E-state index in [1.165, 1.54) is 6.08 Å². The Labute approximate surface area is 187 Å². The summed E-state index contributed by atoms with van der Waals surface area (Å²) in [5.74, 6) is 1.03. The van der Waals surface area contributed by atoms with Crippen molar-refractivity contribution in [3.05, 3.63) is 81.6 Å². The van der Waals surface area contributed by atoms with Crippen LogP contribution in [-0.2, 0) is 17.9 Å². The maximum Gasteiger partial charge on any atom is 0.244 e. The number of carbonyl (C=O) groups is 1. The van der Waals surface area contributed by atoms with Gasteiger partial charge in [0.05, 0.1) is 26.5 Å². The Morgan fingerprint density at radius 3 is 2.55 bits per heavy atom. The number of amides is 1. The van der Waals surface area contributed by atoms with Crippen LogP contribution in [0.5, 0.6) is 11.5 Å². The Kier molecular flexibility index (Phi) is 7.36. The number of aromatic nitrogens is 2. The summed E-state index contributed by atoms with van der Waals surface area (Å²) < 4.78 is 12.6. The molecule has 6 nitrogen and oxygen atoms in total. The van der Waals surface area contributed by atoms with Crippen LogP contribution in [0.2, 0.25) is 5.02 Å². The number of nitrogens with one attached hydrogen (secondary N) is 1.